The molecule has 1 heterocycles. The molecule has 0 aliphatic carbocycles. The van der Waals surface area contributed by atoms with E-state index in [4.69, 9.17) is 42.6 Å². The summed E-state index contributed by atoms with van der Waals surface area (Å²) < 4.78 is 51.2. The van der Waals surface area contributed by atoms with E-state index in [2.05, 4.69) is 6.07 Å². The zero-order valence-corrected chi connectivity index (χ0v) is 22.3. The molecule has 0 saturated carbocycles. The first-order valence-corrected chi connectivity index (χ1v) is 13.5. The van der Waals surface area contributed by atoms with Gasteiger partial charge in [-0.2, -0.15) is 0 Å². The van der Waals surface area contributed by atoms with E-state index in [0.29, 0.717) is 111 Å². The number of benzene rings is 2. The lowest BCUT2D eigenvalue weighted by Gasteiger charge is -2.13. The molecule has 0 aromatic heterocycles. The van der Waals surface area contributed by atoms with Crippen LogP contribution in [-0.2, 0) is 34.8 Å². The minimum absolute atomic E-state index is 0.421. The topological polar surface area (TPSA) is 83.1 Å². The van der Waals surface area contributed by atoms with E-state index in [1.165, 1.54) is 5.56 Å². The van der Waals surface area contributed by atoms with Gasteiger partial charge in [-0.3, -0.25) is 0 Å². The predicted molar refractivity (Wildman–Crippen MR) is 143 cm³/mol. The van der Waals surface area contributed by atoms with Crippen molar-refractivity contribution in [1.29, 1.82) is 0 Å². The molecular weight excluding hydrogens is 492 g/mol. The van der Waals surface area contributed by atoms with Crippen LogP contribution in [0.25, 0.3) is 0 Å². The fourth-order valence-corrected chi connectivity index (χ4v) is 3.62. The van der Waals surface area contributed by atoms with E-state index in [0.717, 1.165) is 18.6 Å². The third kappa shape index (κ3) is 13.4. The second kappa shape index (κ2) is 20.5. The van der Waals surface area contributed by atoms with Gasteiger partial charge in [0.1, 0.15) is 25.6 Å². The summed E-state index contributed by atoms with van der Waals surface area (Å²) in [5.41, 5.74) is 1.17. The standard InChI is InChI=1S/C29H42O9/c1-2-8-27-26(6-1)7-5-11-30-12-13-31-14-18-34-21-24-37-28-9-3-4-10-29(28)38-25-22-35-19-16-32-15-17-33-20-23-36-27/h1-4,6,8-10H,5,7,11-25H2. The molecular formula is C29H42O9. The Morgan fingerprint density at radius 2 is 0.684 bits per heavy atom. The van der Waals surface area contributed by atoms with E-state index in [1.807, 2.05) is 42.5 Å². The van der Waals surface area contributed by atoms with Gasteiger partial charge in [0.25, 0.3) is 0 Å². The molecule has 9 heteroatoms. The van der Waals surface area contributed by atoms with Crippen molar-refractivity contribution < 1.29 is 42.6 Å². The van der Waals surface area contributed by atoms with Gasteiger partial charge in [0.05, 0.1) is 72.7 Å². The van der Waals surface area contributed by atoms with Crippen LogP contribution in [0.4, 0.5) is 0 Å². The van der Waals surface area contributed by atoms with Crippen LogP contribution in [-0.4, -0.2) is 99.1 Å². The lowest BCUT2D eigenvalue weighted by Crippen LogP contribution is -2.15. The zero-order valence-electron chi connectivity index (χ0n) is 22.3. The van der Waals surface area contributed by atoms with Crippen LogP contribution in [0.2, 0.25) is 0 Å². The first-order chi connectivity index (χ1) is 18.9. The number of aryl methyl sites for hydroxylation is 1. The van der Waals surface area contributed by atoms with Gasteiger partial charge in [0, 0.05) is 6.61 Å². The third-order valence-corrected chi connectivity index (χ3v) is 5.50. The molecule has 212 valence electrons. The fraction of sp³-hybridized carbons (Fsp3) is 0.586. The van der Waals surface area contributed by atoms with Crippen molar-refractivity contribution in [1.82, 2.24) is 0 Å². The first-order valence-electron chi connectivity index (χ1n) is 13.5. The summed E-state index contributed by atoms with van der Waals surface area (Å²) in [5.74, 6) is 2.26. The minimum atomic E-state index is 0.421. The van der Waals surface area contributed by atoms with E-state index in [9.17, 15) is 0 Å². The average Bonchev–Trinajstić information content (AvgIpc) is 2.94. The lowest BCUT2D eigenvalue weighted by molar-refractivity contribution is 0.00427. The monoisotopic (exact) mass is 534 g/mol. The molecule has 0 saturated heterocycles. The van der Waals surface area contributed by atoms with Crippen LogP contribution in [0.15, 0.2) is 48.5 Å². The van der Waals surface area contributed by atoms with E-state index in [-0.39, 0.29) is 0 Å². The van der Waals surface area contributed by atoms with Crippen LogP contribution in [0.5, 0.6) is 17.2 Å². The number of hydrogen-bond acceptors (Lipinski definition) is 9. The highest BCUT2D eigenvalue weighted by Crippen LogP contribution is 2.26. The Kier molecular flexibility index (Phi) is 16.3. The molecule has 0 spiro atoms. The maximum Gasteiger partial charge on any atom is 0.161 e. The number of rotatable bonds is 0. The molecule has 0 atom stereocenters. The molecule has 0 unspecified atom stereocenters. The van der Waals surface area contributed by atoms with Gasteiger partial charge in [-0.15, -0.1) is 0 Å². The van der Waals surface area contributed by atoms with Gasteiger partial charge < -0.3 is 42.6 Å². The molecule has 2 aromatic carbocycles. The second-order valence-corrected chi connectivity index (χ2v) is 8.38. The number of para-hydroxylation sites is 3. The van der Waals surface area contributed by atoms with Gasteiger partial charge in [-0.1, -0.05) is 30.3 Å². The molecule has 2 aromatic rings. The number of ether oxygens (including phenoxy) is 9. The maximum absolute atomic E-state index is 5.93. The first kappa shape index (κ1) is 30.1. The highest BCUT2D eigenvalue weighted by Gasteiger charge is 2.05. The summed E-state index contributed by atoms with van der Waals surface area (Å²) in [4.78, 5) is 0. The quantitative estimate of drug-likeness (QED) is 0.504. The minimum Gasteiger partial charge on any atom is -0.491 e. The Morgan fingerprint density at radius 1 is 0.342 bits per heavy atom. The van der Waals surface area contributed by atoms with E-state index < -0.39 is 0 Å². The van der Waals surface area contributed by atoms with Crippen molar-refractivity contribution in [2.24, 2.45) is 0 Å². The summed E-state index contributed by atoms with van der Waals surface area (Å²) in [6.45, 7) is 7.58. The Labute approximate surface area is 226 Å². The fourth-order valence-electron chi connectivity index (χ4n) is 3.62. The van der Waals surface area contributed by atoms with Crippen LogP contribution in [0.1, 0.15) is 12.0 Å². The van der Waals surface area contributed by atoms with Gasteiger partial charge in [0.15, 0.2) is 11.5 Å². The maximum atomic E-state index is 5.93. The van der Waals surface area contributed by atoms with Crippen molar-refractivity contribution in [2.75, 3.05) is 99.1 Å². The van der Waals surface area contributed by atoms with Gasteiger partial charge in [-0.25, -0.2) is 0 Å². The Morgan fingerprint density at radius 3 is 1.16 bits per heavy atom. The molecule has 1 aliphatic rings. The predicted octanol–water partition coefficient (Wildman–Crippen LogP) is 3.57. The van der Waals surface area contributed by atoms with Crippen molar-refractivity contribution >= 4 is 0 Å². The Balaban J connectivity index is 1.37. The highest BCUT2D eigenvalue weighted by molar-refractivity contribution is 5.39. The van der Waals surface area contributed by atoms with Crippen molar-refractivity contribution in [3.8, 4) is 17.2 Å². The molecule has 1 aliphatic heterocycles. The van der Waals surface area contributed by atoms with Crippen LogP contribution in [0, 0.1) is 0 Å². The van der Waals surface area contributed by atoms with Gasteiger partial charge in [-0.05, 0) is 36.6 Å². The van der Waals surface area contributed by atoms with E-state index >= 15 is 0 Å². The highest BCUT2D eigenvalue weighted by atomic mass is 16.6. The molecule has 9 nitrogen and oxygen atoms in total. The Hall–Kier alpha value is -2.40. The normalized spacial score (nSPS) is 19.4. The van der Waals surface area contributed by atoms with Crippen molar-refractivity contribution in [3.63, 3.8) is 0 Å². The van der Waals surface area contributed by atoms with Gasteiger partial charge in [0.2, 0.25) is 0 Å². The summed E-state index contributed by atoms with van der Waals surface area (Å²) in [5, 5.41) is 0. The van der Waals surface area contributed by atoms with Crippen LogP contribution in [0.3, 0.4) is 0 Å². The summed E-state index contributed by atoms with van der Waals surface area (Å²) in [6.07, 6.45) is 1.80. The SMILES string of the molecule is c1ccc2c(c1)CCCOCCOCCOCCOc1ccccc1OCCOCCOCCOCCO2. The lowest BCUT2D eigenvalue weighted by atomic mass is 10.1. The third-order valence-electron chi connectivity index (χ3n) is 5.50. The largest absolute Gasteiger partial charge is 0.491 e. The molecule has 3 rings (SSSR count). The summed E-state index contributed by atoms with van der Waals surface area (Å²) >= 11 is 0. The second-order valence-electron chi connectivity index (χ2n) is 8.38. The van der Waals surface area contributed by atoms with Crippen molar-refractivity contribution in [2.45, 2.75) is 12.8 Å². The molecule has 0 bridgehead atoms. The zero-order chi connectivity index (χ0) is 26.4. The summed E-state index contributed by atoms with van der Waals surface area (Å²) in [6, 6.07) is 15.7. The molecule has 0 fully saturated rings. The molecule has 0 radical (unpaired) electrons. The molecule has 0 N–H and O–H groups in total. The van der Waals surface area contributed by atoms with Crippen LogP contribution < -0.4 is 14.2 Å². The van der Waals surface area contributed by atoms with Gasteiger partial charge >= 0.3 is 0 Å². The smallest absolute Gasteiger partial charge is 0.161 e. The molecule has 38 heavy (non-hydrogen) atoms. The molecule has 0 amide bonds. The summed E-state index contributed by atoms with van der Waals surface area (Å²) in [7, 11) is 0. The number of hydrogen-bond donors (Lipinski definition) is 0. The average molecular weight is 535 g/mol. The van der Waals surface area contributed by atoms with Crippen molar-refractivity contribution in [3.05, 3.63) is 54.1 Å². The van der Waals surface area contributed by atoms with E-state index in [1.54, 1.807) is 0 Å². The number of fused-ring (bicyclic) bond motifs is 2. The van der Waals surface area contributed by atoms with Crippen LogP contribution >= 0.6 is 0 Å². The Bertz CT molecular complexity index is 713.